The van der Waals surface area contributed by atoms with Gasteiger partial charge in [-0.05, 0) is 55.7 Å². The van der Waals surface area contributed by atoms with Gasteiger partial charge in [0.2, 0.25) is 0 Å². The van der Waals surface area contributed by atoms with E-state index in [1.54, 1.807) is 37.6 Å². The summed E-state index contributed by atoms with van der Waals surface area (Å²) < 4.78 is 16.7. The second kappa shape index (κ2) is 7.23. The van der Waals surface area contributed by atoms with E-state index in [2.05, 4.69) is 25.4 Å². The van der Waals surface area contributed by atoms with Crippen molar-refractivity contribution in [3.8, 4) is 17.1 Å². The zero-order valence-electron chi connectivity index (χ0n) is 17.8. The molecule has 2 aliphatic heterocycles. The largest absolute Gasteiger partial charge is 0.507 e. The topological polar surface area (TPSA) is 96.2 Å². The van der Waals surface area contributed by atoms with Gasteiger partial charge < -0.3 is 19.9 Å². The smallest absolute Gasteiger partial charge is 0.258 e. The molecule has 1 saturated carbocycles. The van der Waals surface area contributed by atoms with Crippen LogP contribution in [0.4, 0.5) is 10.2 Å². The van der Waals surface area contributed by atoms with Gasteiger partial charge in [0.15, 0.2) is 11.6 Å². The second-order valence-corrected chi connectivity index (χ2v) is 9.26. The minimum absolute atomic E-state index is 0.0156. The van der Waals surface area contributed by atoms with Gasteiger partial charge in [-0.2, -0.15) is 0 Å². The number of pyridine rings is 1. The first kappa shape index (κ1) is 19.6. The molecule has 2 bridgehead atoms. The first-order valence-corrected chi connectivity index (χ1v) is 11.2. The molecule has 6 rings (SSSR count). The highest BCUT2D eigenvalue weighted by Crippen LogP contribution is 2.40. The number of halogens is 1. The highest BCUT2D eigenvalue weighted by molar-refractivity contribution is 5.88. The third-order valence-electron chi connectivity index (χ3n) is 7.10. The summed E-state index contributed by atoms with van der Waals surface area (Å²) in [6.07, 6.45) is 7.02. The van der Waals surface area contributed by atoms with Crippen molar-refractivity contribution in [3.05, 3.63) is 40.9 Å². The van der Waals surface area contributed by atoms with E-state index in [1.165, 1.54) is 4.57 Å². The molecule has 8 nitrogen and oxygen atoms in total. The highest BCUT2D eigenvalue weighted by Gasteiger charge is 2.48. The Morgan fingerprint density at radius 1 is 1.22 bits per heavy atom. The summed E-state index contributed by atoms with van der Waals surface area (Å²) in [6, 6.07) is 5.24. The maximum Gasteiger partial charge on any atom is 0.258 e. The third-order valence-corrected chi connectivity index (χ3v) is 7.10. The molecule has 1 aliphatic carbocycles. The minimum atomic E-state index is -0.948. The fraction of sp³-hybridized carbons (Fsp3) is 0.478. The van der Waals surface area contributed by atoms with Crippen molar-refractivity contribution in [2.24, 2.45) is 7.05 Å². The van der Waals surface area contributed by atoms with Crippen molar-refractivity contribution in [3.63, 3.8) is 0 Å². The zero-order valence-corrected chi connectivity index (χ0v) is 17.8. The zero-order chi connectivity index (χ0) is 22.0. The van der Waals surface area contributed by atoms with Crippen LogP contribution in [-0.2, 0) is 7.05 Å². The van der Waals surface area contributed by atoms with Crippen LogP contribution in [0.1, 0.15) is 32.1 Å². The number of anilines is 1. The predicted octanol–water partition coefficient (Wildman–Crippen LogP) is 2.30. The van der Waals surface area contributed by atoms with Gasteiger partial charge in [0.25, 0.3) is 5.56 Å². The van der Waals surface area contributed by atoms with E-state index in [9.17, 15) is 9.90 Å². The molecule has 3 fully saturated rings. The van der Waals surface area contributed by atoms with E-state index < -0.39 is 6.17 Å². The fourth-order valence-corrected chi connectivity index (χ4v) is 5.29. The Balaban J connectivity index is 1.35. The summed E-state index contributed by atoms with van der Waals surface area (Å²) in [4.78, 5) is 19.0. The van der Waals surface area contributed by atoms with E-state index in [-0.39, 0.29) is 35.3 Å². The van der Waals surface area contributed by atoms with Gasteiger partial charge in [0.05, 0.1) is 17.8 Å². The number of alkyl halides is 1. The molecule has 3 aromatic rings. The molecule has 2 saturated heterocycles. The lowest BCUT2D eigenvalue weighted by Gasteiger charge is -2.40. The molecule has 9 heteroatoms. The number of phenols is 1. The van der Waals surface area contributed by atoms with Crippen LogP contribution < -0.4 is 15.8 Å². The molecule has 3 aliphatic rings. The quantitative estimate of drug-likeness (QED) is 0.648. The van der Waals surface area contributed by atoms with Crippen molar-refractivity contribution in [1.29, 1.82) is 0 Å². The number of aromatic nitrogens is 4. The van der Waals surface area contributed by atoms with Crippen molar-refractivity contribution >= 4 is 16.6 Å². The van der Waals surface area contributed by atoms with E-state index in [4.69, 9.17) is 0 Å². The normalized spacial score (nSPS) is 27.1. The number of hydrogen-bond acceptors (Lipinski definition) is 7. The number of aryl methyl sites for hydroxylation is 1. The Labute approximate surface area is 184 Å². The van der Waals surface area contributed by atoms with Crippen LogP contribution in [-0.4, -0.2) is 55.2 Å². The standard InChI is InChI=1S/C23H25FN6O2/c1-29-7-6-12-8-19(31)16(10-15(12)23(29)32)22-25-11-20(27-28-22)30(14-3-4-14)18-9-13-2-5-17(26-13)21(18)24/h6-8,10-11,13-14,17-18,21,26,31H,2-5,9H2,1H3/t13?,17?,18-,21+/m1/s1. The monoisotopic (exact) mass is 436 g/mol. The number of nitrogens with one attached hydrogen (secondary N) is 1. The van der Waals surface area contributed by atoms with Crippen LogP contribution in [0.2, 0.25) is 0 Å². The number of rotatable bonds is 4. The molecule has 166 valence electrons. The second-order valence-electron chi connectivity index (χ2n) is 9.26. The Hall–Kier alpha value is -3.07. The summed E-state index contributed by atoms with van der Waals surface area (Å²) in [5.41, 5.74) is 0.184. The van der Waals surface area contributed by atoms with E-state index in [0.29, 0.717) is 28.2 Å². The Morgan fingerprint density at radius 2 is 2.06 bits per heavy atom. The van der Waals surface area contributed by atoms with Gasteiger partial charge in [0, 0.05) is 36.8 Å². The predicted molar refractivity (Wildman–Crippen MR) is 118 cm³/mol. The van der Waals surface area contributed by atoms with Crippen molar-refractivity contribution < 1.29 is 9.50 Å². The lowest BCUT2D eigenvalue weighted by molar-refractivity contribution is 0.171. The molecule has 1 aromatic carbocycles. The molecule has 2 unspecified atom stereocenters. The average Bonchev–Trinajstić information content (AvgIpc) is 3.54. The summed E-state index contributed by atoms with van der Waals surface area (Å²) >= 11 is 0. The average molecular weight is 436 g/mol. The van der Waals surface area contributed by atoms with Crippen LogP contribution in [0.5, 0.6) is 5.75 Å². The fourth-order valence-electron chi connectivity index (χ4n) is 5.29. The molecule has 0 amide bonds. The highest BCUT2D eigenvalue weighted by atomic mass is 19.1. The maximum atomic E-state index is 15.2. The van der Waals surface area contributed by atoms with Gasteiger partial charge in [-0.25, -0.2) is 9.37 Å². The van der Waals surface area contributed by atoms with E-state index >= 15 is 4.39 Å². The molecular weight excluding hydrogens is 411 g/mol. The maximum absolute atomic E-state index is 15.2. The van der Waals surface area contributed by atoms with Crippen molar-refractivity contribution in [2.75, 3.05) is 4.90 Å². The first-order valence-electron chi connectivity index (χ1n) is 11.2. The number of phenolic OH excluding ortho intramolecular Hbond substituents is 1. The van der Waals surface area contributed by atoms with Crippen LogP contribution in [0, 0.1) is 0 Å². The van der Waals surface area contributed by atoms with Crippen molar-refractivity contribution in [1.82, 2.24) is 25.1 Å². The number of aromatic hydroxyl groups is 1. The van der Waals surface area contributed by atoms with Gasteiger partial charge in [-0.1, -0.05) is 0 Å². The minimum Gasteiger partial charge on any atom is -0.507 e. The molecular formula is C23H25FN6O2. The Kier molecular flexibility index (Phi) is 4.43. The Morgan fingerprint density at radius 3 is 2.81 bits per heavy atom. The van der Waals surface area contributed by atoms with Gasteiger partial charge in [0.1, 0.15) is 11.9 Å². The molecule has 32 heavy (non-hydrogen) atoms. The lowest BCUT2D eigenvalue weighted by Crippen LogP contribution is -2.57. The third kappa shape index (κ3) is 3.14. The molecule has 0 spiro atoms. The molecule has 4 atom stereocenters. The van der Waals surface area contributed by atoms with Crippen LogP contribution in [0.15, 0.2) is 35.4 Å². The van der Waals surface area contributed by atoms with E-state index in [1.807, 2.05) is 0 Å². The van der Waals surface area contributed by atoms with Crippen LogP contribution in [0.3, 0.4) is 0 Å². The van der Waals surface area contributed by atoms with Gasteiger partial charge in [-0.3, -0.25) is 4.79 Å². The summed E-state index contributed by atoms with van der Waals surface area (Å²) in [5.74, 6) is 0.788. The van der Waals surface area contributed by atoms with Crippen LogP contribution >= 0.6 is 0 Å². The molecule has 2 aromatic heterocycles. The number of fused-ring (bicyclic) bond motifs is 3. The number of benzene rings is 1. The molecule has 0 radical (unpaired) electrons. The summed E-state index contributed by atoms with van der Waals surface area (Å²) in [5, 5.41) is 23.7. The lowest BCUT2D eigenvalue weighted by atomic mass is 9.96. The Bertz CT molecular complexity index is 1240. The van der Waals surface area contributed by atoms with Crippen molar-refractivity contribution in [2.45, 2.75) is 62.4 Å². The number of piperidine rings is 1. The number of hydrogen-bond donors (Lipinski definition) is 2. The van der Waals surface area contributed by atoms with Gasteiger partial charge in [-0.15, -0.1) is 10.2 Å². The number of nitrogens with zero attached hydrogens (tertiary/aromatic N) is 5. The van der Waals surface area contributed by atoms with Crippen LogP contribution in [0.25, 0.3) is 22.2 Å². The molecule has 4 heterocycles. The molecule has 2 N–H and O–H groups in total. The summed E-state index contributed by atoms with van der Waals surface area (Å²) in [7, 11) is 1.68. The first-order chi connectivity index (χ1) is 15.5. The summed E-state index contributed by atoms with van der Waals surface area (Å²) in [6.45, 7) is 0. The van der Waals surface area contributed by atoms with E-state index in [0.717, 1.165) is 32.1 Å². The SMILES string of the molecule is Cn1ccc2cc(O)c(-c3ncc(N(C4CC4)[C@@H]4CC5CCC(N5)[C@@H]4F)nn3)cc2c1=O. The van der Waals surface area contributed by atoms with Gasteiger partial charge >= 0.3 is 0 Å².